The molecule has 0 saturated carbocycles. The second-order valence-electron chi connectivity index (χ2n) is 9.55. The molecule has 37 heavy (non-hydrogen) atoms. The van der Waals surface area contributed by atoms with E-state index < -0.39 is 6.10 Å². The highest BCUT2D eigenvalue weighted by Crippen LogP contribution is 2.27. The summed E-state index contributed by atoms with van der Waals surface area (Å²) in [6, 6.07) is 19.9. The number of hydrogen-bond acceptors (Lipinski definition) is 6. The van der Waals surface area contributed by atoms with Crippen molar-refractivity contribution in [1.82, 2.24) is 10.6 Å². The summed E-state index contributed by atoms with van der Waals surface area (Å²) in [7, 11) is 1.63. The van der Waals surface area contributed by atoms with Crippen LogP contribution in [0, 0.1) is 0 Å². The van der Waals surface area contributed by atoms with E-state index in [0.29, 0.717) is 30.5 Å². The minimum atomic E-state index is -0.838. The van der Waals surface area contributed by atoms with E-state index in [0.717, 1.165) is 23.3 Å². The van der Waals surface area contributed by atoms with Gasteiger partial charge in [0.15, 0.2) is 0 Å². The molecule has 0 unspecified atom stereocenters. The maximum absolute atomic E-state index is 12.7. The van der Waals surface area contributed by atoms with Gasteiger partial charge in [0, 0.05) is 24.2 Å². The number of anilines is 1. The van der Waals surface area contributed by atoms with E-state index in [2.05, 4.69) is 16.0 Å². The van der Waals surface area contributed by atoms with Gasteiger partial charge in [0.05, 0.1) is 18.9 Å². The Morgan fingerprint density at radius 2 is 1.81 bits per heavy atom. The molecule has 1 atom stereocenters. The van der Waals surface area contributed by atoms with E-state index in [4.69, 9.17) is 4.74 Å². The molecule has 2 amide bonds. The highest BCUT2D eigenvalue weighted by Gasteiger charge is 2.21. The number of aromatic hydroxyl groups is 1. The number of carbonyl (C=O) groups is 2. The molecule has 0 radical (unpaired) electrons. The first kappa shape index (κ1) is 27.7. The average molecular weight is 506 g/mol. The molecule has 8 nitrogen and oxygen atoms in total. The minimum Gasteiger partial charge on any atom is -0.506 e. The van der Waals surface area contributed by atoms with Crippen LogP contribution in [-0.4, -0.2) is 48.3 Å². The lowest BCUT2D eigenvalue weighted by molar-refractivity contribution is -0.105. The summed E-state index contributed by atoms with van der Waals surface area (Å²) < 4.78 is 5.17. The Morgan fingerprint density at radius 3 is 2.51 bits per heavy atom. The lowest BCUT2D eigenvalue weighted by Crippen LogP contribution is -2.43. The Bertz CT molecular complexity index is 1190. The molecule has 0 fully saturated rings. The number of rotatable bonds is 13. The van der Waals surface area contributed by atoms with E-state index in [9.17, 15) is 19.8 Å². The summed E-state index contributed by atoms with van der Waals surface area (Å²) >= 11 is 0. The first-order chi connectivity index (χ1) is 17.7. The summed E-state index contributed by atoms with van der Waals surface area (Å²) in [6.07, 6.45) is 1.000. The quantitative estimate of drug-likeness (QED) is 0.179. The summed E-state index contributed by atoms with van der Waals surface area (Å²) in [5.41, 5.74) is 3.15. The van der Waals surface area contributed by atoms with Crippen molar-refractivity contribution in [2.45, 2.75) is 38.3 Å². The van der Waals surface area contributed by atoms with Crippen LogP contribution in [-0.2, 0) is 17.6 Å². The van der Waals surface area contributed by atoms with Gasteiger partial charge in [-0.3, -0.25) is 9.59 Å². The topological polar surface area (TPSA) is 120 Å². The molecule has 3 aromatic rings. The zero-order chi connectivity index (χ0) is 26.8. The fraction of sp³-hybridized carbons (Fsp3) is 0.310. The number of phenols is 1. The molecule has 0 aliphatic rings. The second-order valence-corrected chi connectivity index (χ2v) is 9.55. The van der Waals surface area contributed by atoms with Crippen molar-refractivity contribution in [1.29, 1.82) is 0 Å². The number of ether oxygens (including phenoxy) is 1. The number of benzene rings is 3. The Kier molecular flexibility index (Phi) is 9.65. The highest BCUT2D eigenvalue weighted by atomic mass is 16.5. The van der Waals surface area contributed by atoms with Crippen molar-refractivity contribution in [2.75, 3.05) is 25.5 Å². The third kappa shape index (κ3) is 8.34. The fourth-order valence-electron chi connectivity index (χ4n) is 4.04. The van der Waals surface area contributed by atoms with Crippen LogP contribution in [0.5, 0.6) is 11.5 Å². The Hall–Kier alpha value is -3.88. The fourth-order valence-corrected chi connectivity index (χ4v) is 4.04. The molecular formula is C29H35N3O5. The molecule has 3 aromatic carbocycles. The smallest absolute Gasteiger partial charge is 0.251 e. The maximum atomic E-state index is 12.7. The number of aliphatic hydroxyl groups is 1. The number of hydrogen-bond donors (Lipinski definition) is 5. The third-order valence-corrected chi connectivity index (χ3v) is 6.09. The molecular weight excluding hydrogens is 470 g/mol. The van der Waals surface area contributed by atoms with Gasteiger partial charge in [-0.2, -0.15) is 0 Å². The largest absolute Gasteiger partial charge is 0.506 e. The lowest BCUT2D eigenvalue weighted by atomic mass is 9.93. The number of β-amino-alcohol motifs (C(OH)–C–C–N with tert-alkyl or cyclic N) is 1. The molecule has 0 saturated heterocycles. The predicted molar refractivity (Wildman–Crippen MR) is 144 cm³/mol. The minimum absolute atomic E-state index is 0.0685. The Balaban J connectivity index is 1.52. The number of aliphatic hydroxyl groups excluding tert-OH is 1. The van der Waals surface area contributed by atoms with E-state index in [1.165, 1.54) is 6.07 Å². The van der Waals surface area contributed by atoms with Gasteiger partial charge in [0.25, 0.3) is 5.91 Å². The van der Waals surface area contributed by atoms with Crippen molar-refractivity contribution in [3.8, 4) is 11.5 Å². The van der Waals surface area contributed by atoms with Gasteiger partial charge in [-0.25, -0.2) is 0 Å². The van der Waals surface area contributed by atoms with Gasteiger partial charge in [-0.1, -0.05) is 30.3 Å². The molecule has 0 aliphatic heterocycles. The highest BCUT2D eigenvalue weighted by molar-refractivity contribution is 5.94. The van der Waals surface area contributed by atoms with Crippen LogP contribution in [0.25, 0.3) is 0 Å². The molecule has 0 heterocycles. The SMILES string of the molecule is COc1ccc(CCNC(=O)c2cccc(CC(C)(C)NC[C@H](O)c3ccc(O)c(NC=O)c3)c2)cc1. The first-order valence-corrected chi connectivity index (χ1v) is 12.2. The first-order valence-electron chi connectivity index (χ1n) is 12.2. The number of carbonyl (C=O) groups excluding carboxylic acids is 2. The second kappa shape index (κ2) is 12.9. The standard InChI is InChI=1S/C29H35N3O5/c1-29(2,32-18-27(35)22-9-12-26(34)25(16-22)31-19-33)17-21-5-4-6-23(15-21)28(36)30-14-13-20-7-10-24(37-3)11-8-20/h4-12,15-16,19,27,32,34-35H,13-14,17-18H2,1-3H3,(H,30,36)(H,31,33)/t27-/m0/s1. The molecule has 196 valence electrons. The molecule has 8 heteroatoms. The van der Waals surface area contributed by atoms with Crippen LogP contribution in [0.15, 0.2) is 66.7 Å². The third-order valence-electron chi connectivity index (χ3n) is 6.09. The van der Waals surface area contributed by atoms with Crippen LogP contribution in [0.1, 0.15) is 47.0 Å². The van der Waals surface area contributed by atoms with Crippen LogP contribution < -0.4 is 20.7 Å². The summed E-state index contributed by atoms with van der Waals surface area (Å²) in [5.74, 6) is 0.613. The zero-order valence-corrected chi connectivity index (χ0v) is 21.5. The monoisotopic (exact) mass is 505 g/mol. The van der Waals surface area contributed by atoms with Gasteiger partial charge in [-0.05, 0) is 79.8 Å². The van der Waals surface area contributed by atoms with Gasteiger partial charge < -0.3 is 30.9 Å². The van der Waals surface area contributed by atoms with Gasteiger partial charge in [0.2, 0.25) is 6.41 Å². The predicted octanol–water partition coefficient (Wildman–Crippen LogP) is 3.59. The van der Waals surface area contributed by atoms with Crippen molar-refractivity contribution in [3.05, 3.63) is 89.0 Å². The number of methoxy groups -OCH3 is 1. The van der Waals surface area contributed by atoms with E-state index in [1.807, 2.05) is 56.3 Å². The Morgan fingerprint density at radius 1 is 1.05 bits per heavy atom. The van der Waals surface area contributed by atoms with Crippen molar-refractivity contribution in [2.24, 2.45) is 0 Å². The van der Waals surface area contributed by atoms with Crippen molar-refractivity contribution >= 4 is 18.0 Å². The van der Waals surface area contributed by atoms with Crippen molar-refractivity contribution in [3.63, 3.8) is 0 Å². The van der Waals surface area contributed by atoms with Crippen LogP contribution in [0.4, 0.5) is 5.69 Å². The van der Waals surface area contributed by atoms with Crippen LogP contribution in [0.2, 0.25) is 0 Å². The molecule has 0 aliphatic carbocycles. The van der Waals surface area contributed by atoms with E-state index >= 15 is 0 Å². The van der Waals surface area contributed by atoms with Gasteiger partial charge in [0.1, 0.15) is 11.5 Å². The van der Waals surface area contributed by atoms with E-state index in [1.54, 1.807) is 25.3 Å². The molecule has 5 N–H and O–H groups in total. The van der Waals surface area contributed by atoms with Crippen LogP contribution >= 0.6 is 0 Å². The molecule has 3 rings (SSSR count). The summed E-state index contributed by atoms with van der Waals surface area (Å²) in [5, 5.41) is 29.2. The summed E-state index contributed by atoms with van der Waals surface area (Å²) in [4.78, 5) is 23.4. The number of phenolic OH excluding ortho intramolecular Hbond substituents is 1. The van der Waals surface area contributed by atoms with Crippen LogP contribution in [0.3, 0.4) is 0 Å². The van der Waals surface area contributed by atoms with E-state index in [-0.39, 0.29) is 29.4 Å². The zero-order valence-electron chi connectivity index (χ0n) is 21.5. The maximum Gasteiger partial charge on any atom is 0.251 e. The van der Waals surface area contributed by atoms with Crippen molar-refractivity contribution < 1.29 is 24.5 Å². The molecule has 0 spiro atoms. The normalized spacial score (nSPS) is 12.0. The summed E-state index contributed by atoms with van der Waals surface area (Å²) in [6.45, 7) is 4.85. The Labute approximate surface area is 217 Å². The van der Waals surface area contributed by atoms with Gasteiger partial charge in [-0.15, -0.1) is 0 Å². The number of nitrogens with one attached hydrogen (secondary N) is 3. The molecule has 0 aromatic heterocycles. The lowest BCUT2D eigenvalue weighted by Gasteiger charge is -2.28. The molecule has 0 bridgehead atoms. The average Bonchev–Trinajstić information content (AvgIpc) is 2.89. The number of amides is 2. The van der Waals surface area contributed by atoms with Gasteiger partial charge >= 0.3 is 0 Å².